The van der Waals surface area contributed by atoms with Crippen LogP contribution < -0.4 is 5.73 Å². The molecule has 1 heterocycles. The van der Waals surface area contributed by atoms with Crippen LogP contribution in [0.5, 0.6) is 0 Å². The molecule has 2 fully saturated rings. The third-order valence-corrected chi connectivity index (χ3v) is 7.13. The van der Waals surface area contributed by atoms with E-state index >= 15 is 0 Å². The Morgan fingerprint density at radius 3 is 2.23 bits per heavy atom. The summed E-state index contributed by atoms with van der Waals surface area (Å²) >= 11 is 3.23. The van der Waals surface area contributed by atoms with Crippen molar-refractivity contribution in [3.8, 4) is 0 Å². The molecule has 1 saturated heterocycles. The van der Waals surface area contributed by atoms with Gasteiger partial charge < -0.3 is 15.2 Å². The average molecular weight is 575 g/mol. The van der Waals surface area contributed by atoms with Crippen molar-refractivity contribution in [3.63, 3.8) is 0 Å². The largest absolute Gasteiger partial charge is 0.469 e. The van der Waals surface area contributed by atoms with Gasteiger partial charge in [-0.05, 0) is 57.4 Å². The van der Waals surface area contributed by atoms with E-state index in [1.807, 2.05) is 6.08 Å². The Bertz CT molecular complexity index is 1050. The SMILES string of the molecule is C=CC1CC1C(=O)OC.CC(C)(C)OC(=O)N1CC(OS(=O)(=O)c2ccc(Br)cc2)CC1C(N)=O. The molecule has 2 amide bonds. The Morgan fingerprint density at radius 1 is 1.17 bits per heavy atom. The molecule has 0 aromatic heterocycles. The predicted octanol–water partition coefficient (Wildman–Crippen LogP) is 3.00. The van der Waals surface area contributed by atoms with Crippen LogP contribution in [0.2, 0.25) is 0 Å². The summed E-state index contributed by atoms with van der Waals surface area (Å²) in [4.78, 5) is 35.7. The molecule has 2 N–H and O–H groups in total. The van der Waals surface area contributed by atoms with Gasteiger partial charge in [0, 0.05) is 10.9 Å². The molecule has 2 aliphatic rings. The molecule has 194 valence electrons. The first-order valence-corrected chi connectivity index (χ1v) is 13.1. The second-order valence-corrected chi connectivity index (χ2v) is 11.7. The van der Waals surface area contributed by atoms with Crippen LogP contribution >= 0.6 is 15.9 Å². The van der Waals surface area contributed by atoms with E-state index in [1.54, 1.807) is 32.9 Å². The third-order valence-electron chi connectivity index (χ3n) is 5.23. The first-order chi connectivity index (χ1) is 16.2. The highest BCUT2D eigenvalue weighted by Gasteiger charge is 2.43. The van der Waals surface area contributed by atoms with Gasteiger partial charge in [0.05, 0.1) is 30.6 Å². The highest BCUT2D eigenvalue weighted by molar-refractivity contribution is 9.10. The lowest BCUT2D eigenvalue weighted by molar-refractivity contribution is -0.142. The summed E-state index contributed by atoms with van der Waals surface area (Å²) in [5.41, 5.74) is 4.58. The Labute approximate surface area is 214 Å². The van der Waals surface area contributed by atoms with Crippen molar-refractivity contribution in [1.82, 2.24) is 4.90 Å². The summed E-state index contributed by atoms with van der Waals surface area (Å²) in [6.45, 7) is 8.53. The van der Waals surface area contributed by atoms with E-state index in [4.69, 9.17) is 14.7 Å². The number of nitrogens with zero attached hydrogens (tertiary/aromatic N) is 1. The van der Waals surface area contributed by atoms with Crippen LogP contribution in [0, 0.1) is 11.8 Å². The van der Waals surface area contributed by atoms with Gasteiger partial charge in [0.1, 0.15) is 11.6 Å². The van der Waals surface area contributed by atoms with E-state index in [0.717, 1.165) is 15.8 Å². The molecule has 4 atom stereocenters. The summed E-state index contributed by atoms with van der Waals surface area (Å²) in [6, 6.07) is 4.95. The van der Waals surface area contributed by atoms with Crippen LogP contribution in [0.1, 0.15) is 33.6 Å². The first-order valence-electron chi connectivity index (χ1n) is 10.9. The van der Waals surface area contributed by atoms with Crippen LogP contribution in [0.15, 0.2) is 46.3 Å². The molecular weight excluding hydrogens is 544 g/mol. The minimum Gasteiger partial charge on any atom is -0.469 e. The lowest BCUT2D eigenvalue weighted by Crippen LogP contribution is -2.45. The fourth-order valence-corrected chi connectivity index (χ4v) is 4.74. The summed E-state index contributed by atoms with van der Waals surface area (Å²) in [7, 11) is -2.63. The Kier molecular flexibility index (Phi) is 9.49. The molecule has 1 saturated carbocycles. The Morgan fingerprint density at radius 2 is 1.77 bits per heavy atom. The fourth-order valence-electron chi connectivity index (χ4n) is 3.39. The third kappa shape index (κ3) is 8.32. The molecular formula is C23H31BrN2O8S. The van der Waals surface area contributed by atoms with E-state index in [1.165, 1.54) is 19.2 Å². The second-order valence-electron chi connectivity index (χ2n) is 9.18. The average Bonchev–Trinajstić information content (AvgIpc) is 3.43. The van der Waals surface area contributed by atoms with E-state index in [-0.39, 0.29) is 29.7 Å². The summed E-state index contributed by atoms with van der Waals surface area (Å²) in [6.07, 6.45) is 1.07. The van der Waals surface area contributed by atoms with Gasteiger partial charge in [0.2, 0.25) is 5.91 Å². The standard InChI is InChI=1S/C16H21BrN2O6S.C7H10O2/c1-16(2,3)24-15(21)19-9-11(8-13(19)14(18)20)25-26(22,23)12-6-4-10(17)5-7-12;1-3-5-4-6(5)7(8)9-2/h4-7,11,13H,8-9H2,1-3H3,(H2,18,20);3,5-6H,1,4H2,2H3. The molecule has 1 aliphatic heterocycles. The van der Waals surface area contributed by atoms with Crippen LogP contribution in [-0.4, -0.2) is 62.7 Å². The fraction of sp³-hybridized carbons (Fsp3) is 0.522. The number of methoxy groups -OCH3 is 1. The maximum absolute atomic E-state index is 12.4. The molecule has 0 radical (unpaired) electrons. The van der Waals surface area contributed by atoms with Crippen molar-refractivity contribution >= 4 is 44.0 Å². The highest BCUT2D eigenvalue weighted by atomic mass is 79.9. The van der Waals surface area contributed by atoms with Gasteiger partial charge in [-0.1, -0.05) is 22.0 Å². The van der Waals surface area contributed by atoms with Gasteiger partial charge in [0.25, 0.3) is 10.1 Å². The molecule has 35 heavy (non-hydrogen) atoms. The smallest absolute Gasteiger partial charge is 0.411 e. The van der Waals surface area contributed by atoms with Crippen molar-refractivity contribution in [2.45, 2.75) is 56.3 Å². The van der Waals surface area contributed by atoms with Crippen molar-refractivity contribution in [2.75, 3.05) is 13.7 Å². The normalized spacial score (nSPS) is 23.5. The maximum atomic E-state index is 12.4. The number of esters is 1. The number of likely N-dealkylation sites (tertiary alicyclic amines) is 1. The number of nitrogens with two attached hydrogens (primary N) is 1. The quantitative estimate of drug-likeness (QED) is 0.310. The number of amides is 2. The van der Waals surface area contributed by atoms with Crippen molar-refractivity contribution in [1.29, 1.82) is 0 Å². The molecule has 10 nitrogen and oxygen atoms in total. The lowest BCUT2D eigenvalue weighted by Gasteiger charge is -2.27. The zero-order chi connectivity index (χ0) is 26.6. The topological polar surface area (TPSA) is 142 Å². The number of carbonyl (C=O) groups excluding carboxylic acids is 3. The number of allylic oxidation sites excluding steroid dienone is 1. The lowest BCUT2D eigenvalue weighted by atomic mass is 10.2. The van der Waals surface area contributed by atoms with Gasteiger partial charge >= 0.3 is 12.1 Å². The molecule has 4 unspecified atom stereocenters. The Balaban J connectivity index is 0.000000402. The summed E-state index contributed by atoms with van der Waals surface area (Å²) in [5.74, 6) is -0.340. The van der Waals surface area contributed by atoms with Gasteiger partial charge in [-0.2, -0.15) is 8.42 Å². The predicted molar refractivity (Wildman–Crippen MR) is 131 cm³/mol. The molecule has 12 heteroatoms. The molecule has 0 bridgehead atoms. The molecule has 3 rings (SSSR count). The first kappa shape index (κ1) is 28.8. The monoisotopic (exact) mass is 574 g/mol. The van der Waals surface area contributed by atoms with Crippen LogP contribution in [0.25, 0.3) is 0 Å². The zero-order valence-corrected chi connectivity index (χ0v) is 22.5. The summed E-state index contributed by atoms with van der Waals surface area (Å²) < 4.78 is 40.5. The maximum Gasteiger partial charge on any atom is 0.411 e. The van der Waals surface area contributed by atoms with E-state index in [2.05, 4.69) is 27.2 Å². The number of benzene rings is 1. The highest BCUT2D eigenvalue weighted by Crippen LogP contribution is 2.39. The number of rotatable bonds is 6. The van der Waals surface area contributed by atoms with Crippen LogP contribution in [-0.2, 0) is 33.4 Å². The zero-order valence-electron chi connectivity index (χ0n) is 20.1. The number of hydrogen-bond donors (Lipinski definition) is 1. The molecule has 1 aromatic rings. The van der Waals surface area contributed by atoms with Gasteiger partial charge in [-0.15, -0.1) is 6.58 Å². The molecule has 1 aliphatic carbocycles. The van der Waals surface area contributed by atoms with Gasteiger partial charge in [0.15, 0.2) is 0 Å². The van der Waals surface area contributed by atoms with E-state index in [0.29, 0.717) is 5.92 Å². The minimum absolute atomic E-state index is 0.0213. The second kappa shape index (κ2) is 11.5. The number of halogens is 1. The molecule has 1 aromatic carbocycles. The number of primary amides is 1. The summed E-state index contributed by atoms with van der Waals surface area (Å²) in [5, 5.41) is 0. The van der Waals surface area contributed by atoms with Crippen molar-refractivity contribution in [3.05, 3.63) is 41.4 Å². The van der Waals surface area contributed by atoms with Crippen molar-refractivity contribution < 1.29 is 36.5 Å². The van der Waals surface area contributed by atoms with Gasteiger partial charge in [-0.25, -0.2) is 4.79 Å². The van der Waals surface area contributed by atoms with E-state index in [9.17, 15) is 22.8 Å². The number of ether oxygens (including phenoxy) is 2. The van der Waals surface area contributed by atoms with Crippen LogP contribution in [0.3, 0.4) is 0 Å². The Hall–Kier alpha value is -2.44. The van der Waals surface area contributed by atoms with Crippen LogP contribution in [0.4, 0.5) is 4.79 Å². The van der Waals surface area contributed by atoms with E-state index < -0.39 is 39.9 Å². The molecule has 0 spiro atoms. The van der Waals surface area contributed by atoms with Gasteiger partial charge in [-0.3, -0.25) is 18.7 Å². The number of hydrogen-bond acceptors (Lipinski definition) is 8. The minimum atomic E-state index is -4.05. The van der Waals surface area contributed by atoms with Crippen molar-refractivity contribution in [2.24, 2.45) is 17.6 Å². The number of carbonyl (C=O) groups is 3.